The second-order valence-corrected chi connectivity index (χ2v) is 3.94. The van der Waals surface area contributed by atoms with Gasteiger partial charge in [0.1, 0.15) is 5.70 Å². The van der Waals surface area contributed by atoms with Gasteiger partial charge in [-0.05, 0) is 18.4 Å². The summed E-state index contributed by atoms with van der Waals surface area (Å²) in [5.74, 6) is -0.823. The maximum Gasteiger partial charge on any atom is 0.351 e. The van der Waals surface area contributed by atoms with Crippen LogP contribution in [0.25, 0.3) is 0 Å². The molecule has 1 heterocycles. The van der Waals surface area contributed by atoms with E-state index in [1.165, 1.54) is 0 Å². The Kier molecular flexibility index (Phi) is 3.25. The van der Waals surface area contributed by atoms with Gasteiger partial charge in [0.2, 0.25) is 0 Å². The van der Waals surface area contributed by atoms with Crippen molar-refractivity contribution < 1.29 is 9.90 Å². The van der Waals surface area contributed by atoms with Crippen LogP contribution in [0.4, 0.5) is 0 Å². The fourth-order valence-electron chi connectivity index (χ4n) is 1.96. The van der Waals surface area contributed by atoms with Gasteiger partial charge in [0, 0.05) is 13.1 Å². The zero-order chi connectivity index (χ0) is 11.4. The van der Waals surface area contributed by atoms with Crippen LogP contribution in [0.2, 0.25) is 0 Å². The number of carboxylic acids is 1. The standard InChI is InChI=1S/C13H15NO2/c15-13(16)12-8-4-5-9-14(12)10-11-6-2-1-3-7-11/h1-3,6-8H,4-5,9-10H2,(H,15,16). The Morgan fingerprint density at radius 3 is 2.75 bits per heavy atom. The molecule has 0 fully saturated rings. The normalized spacial score (nSPS) is 15.8. The van der Waals surface area contributed by atoms with Gasteiger partial charge in [-0.15, -0.1) is 0 Å². The molecule has 0 bridgehead atoms. The second-order valence-electron chi connectivity index (χ2n) is 3.94. The molecule has 1 N–H and O–H groups in total. The number of allylic oxidation sites excluding steroid dienone is 1. The molecular weight excluding hydrogens is 202 g/mol. The van der Waals surface area contributed by atoms with Crippen LogP contribution >= 0.6 is 0 Å². The largest absolute Gasteiger partial charge is 0.477 e. The Hall–Kier alpha value is -1.77. The first-order valence-corrected chi connectivity index (χ1v) is 5.49. The molecule has 0 saturated carbocycles. The van der Waals surface area contributed by atoms with E-state index in [4.69, 9.17) is 5.11 Å². The molecule has 2 rings (SSSR count). The lowest BCUT2D eigenvalue weighted by molar-refractivity contribution is -0.134. The quantitative estimate of drug-likeness (QED) is 0.844. The molecule has 16 heavy (non-hydrogen) atoms. The first-order valence-electron chi connectivity index (χ1n) is 5.49. The highest BCUT2D eigenvalue weighted by atomic mass is 16.4. The summed E-state index contributed by atoms with van der Waals surface area (Å²) >= 11 is 0. The molecule has 3 nitrogen and oxygen atoms in total. The third-order valence-electron chi connectivity index (χ3n) is 2.75. The molecule has 0 atom stereocenters. The number of hydrogen-bond donors (Lipinski definition) is 1. The molecule has 3 heteroatoms. The van der Waals surface area contributed by atoms with Gasteiger partial charge in [-0.1, -0.05) is 36.4 Å². The highest BCUT2D eigenvalue weighted by Crippen LogP contribution is 2.18. The molecular formula is C13H15NO2. The molecule has 0 unspecified atom stereocenters. The minimum absolute atomic E-state index is 0.440. The van der Waals surface area contributed by atoms with Gasteiger partial charge in [0.15, 0.2) is 0 Å². The predicted octanol–water partition coefficient (Wildman–Crippen LogP) is 2.25. The predicted molar refractivity (Wildman–Crippen MR) is 61.8 cm³/mol. The zero-order valence-corrected chi connectivity index (χ0v) is 9.10. The van der Waals surface area contributed by atoms with Gasteiger partial charge in [-0.25, -0.2) is 4.79 Å². The summed E-state index contributed by atoms with van der Waals surface area (Å²) in [4.78, 5) is 13.0. The van der Waals surface area contributed by atoms with E-state index in [1.54, 1.807) is 0 Å². The molecule has 1 aliphatic rings. The van der Waals surface area contributed by atoms with E-state index < -0.39 is 5.97 Å². The summed E-state index contributed by atoms with van der Waals surface area (Å²) in [6.45, 7) is 1.51. The van der Waals surface area contributed by atoms with Gasteiger partial charge in [-0.3, -0.25) is 0 Å². The molecule has 0 saturated heterocycles. The maximum absolute atomic E-state index is 11.0. The zero-order valence-electron chi connectivity index (χ0n) is 9.10. The number of hydrogen-bond acceptors (Lipinski definition) is 2. The van der Waals surface area contributed by atoms with Crippen molar-refractivity contribution in [2.45, 2.75) is 19.4 Å². The number of carbonyl (C=O) groups is 1. The van der Waals surface area contributed by atoms with Gasteiger partial charge in [0.25, 0.3) is 0 Å². The first kappa shape index (κ1) is 10.7. The van der Waals surface area contributed by atoms with E-state index in [2.05, 4.69) is 0 Å². The Morgan fingerprint density at radius 1 is 1.31 bits per heavy atom. The third-order valence-corrected chi connectivity index (χ3v) is 2.75. The summed E-state index contributed by atoms with van der Waals surface area (Å²) in [5.41, 5.74) is 1.59. The van der Waals surface area contributed by atoms with Crippen LogP contribution in [0.3, 0.4) is 0 Å². The van der Waals surface area contributed by atoms with E-state index in [-0.39, 0.29) is 0 Å². The molecule has 0 aromatic heterocycles. The lowest BCUT2D eigenvalue weighted by Crippen LogP contribution is -2.30. The highest BCUT2D eigenvalue weighted by Gasteiger charge is 2.19. The highest BCUT2D eigenvalue weighted by molar-refractivity contribution is 5.86. The summed E-state index contributed by atoms with van der Waals surface area (Å²) in [6, 6.07) is 9.96. The average molecular weight is 217 g/mol. The van der Waals surface area contributed by atoms with Crippen molar-refractivity contribution in [3.63, 3.8) is 0 Å². The van der Waals surface area contributed by atoms with E-state index in [0.717, 1.165) is 24.9 Å². The van der Waals surface area contributed by atoms with E-state index in [9.17, 15) is 4.79 Å². The van der Waals surface area contributed by atoms with Crippen LogP contribution in [0, 0.1) is 0 Å². The summed E-state index contributed by atoms with van der Waals surface area (Å²) < 4.78 is 0. The number of aliphatic carboxylic acids is 1. The van der Waals surface area contributed by atoms with Crippen LogP contribution in [0.5, 0.6) is 0 Å². The topological polar surface area (TPSA) is 40.5 Å². The SMILES string of the molecule is O=C(O)C1=CCCCN1Cc1ccccc1. The van der Waals surface area contributed by atoms with Gasteiger partial charge >= 0.3 is 5.97 Å². The Bertz CT molecular complexity index is 398. The Morgan fingerprint density at radius 2 is 2.06 bits per heavy atom. The molecule has 0 amide bonds. The van der Waals surface area contributed by atoms with Crippen LogP contribution in [0.15, 0.2) is 42.1 Å². The van der Waals surface area contributed by atoms with Crippen molar-refractivity contribution in [1.29, 1.82) is 0 Å². The minimum atomic E-state index is -0.823. The van der Waals surface area contributed by atoms with E-state index in [1.807, 2.05) is 41.3 Å². The lowest BCUT2D eigenvalue weighted by atomic mass is 10.1. The fraction of sp³-hybridized carbons (Fsp3) is 0.308. The monoisotopic (exact) mass is 217 g/mol. The maximum atomic E-state index is 11.0. The first-order chi connectivity index (χ1) is 7.77. The van der Waals surface area contributed by atoms with Crippen molar-refractivity contribution in [3.05, 3.63) is 47.7 Å². The van der Waals surface area contributed by atoms with Crippen molar-refractivity contribution in [3.8, 4) is 0 Å². The van der Waals surface area contributed by atoms with E-state index >= 15 is 0 Å². The lowest BCUT2D eigenvalue weighted by Gasteiger charge is -2.28. The van der Waals surface area contributed by atoms with Gasteiger partial charge in [0.05, 0.1) is 0 Å². The van der Waals surface area contributed by atoms with Crippen LogP contribution < -0.4 is 0 Å². The van der Waals surface area contributed by atoms with Gasteiger partial charge < -0.3 is 10.0 Å². The van der Waals surface area contributed by atoms with Gasteiger partial charge in [-0.2, -0.15) is 0 Å². The Balaban J connectivity index is 2.12. The van der Waals surface area contributed by atoms with E-state index in [0.29, 0.717) is 12.2 Å². The fourth-order valence-corrected chi connectivity index (χ4v) is 1.96. The van der Waals surface area contributed by atoms with Crippen molar-refractivity contribution in [2.75, 3.05) is 6.54 Å². The number of rotatable bonds is 3. The smallest absolute Gasteiger partial charge is 0.351 e. The molecule has 0 spiro atoms. The molecule has 1 aliphatic heterocycles. The molecule has 0 aliphatic carbocycles. The molecule has 0 radical (unpaired) electrons. The number of benzene rings is 1. The summed E-state index contributed by atoms with van der Waals surface area (Å²) in [5, 5.41) is 9.08. The molecule has 1 aromatic rings. The average Bonchev–Trinajstić information content (AvgIpc) is 2.31. The second kappa shape index (κ2) is 4.84. The van der Waals surface area contributed by atoms with Crippen molar-refractivity contribution >= 4 is 5.97 Å². The third kappa shape index (κ3) is 2.42. The van der Waals surface area contributed by atoms with Crippen molar-refractivity contribution in [2.24, 2.45) is 0 Å². The minimum Gasteiger partial charge on any atom is -0.477 e. The van der Waals surface area contributed by atoms with Crippen molar-refractivity contribution in [1.82, 2.24) is 4.90 Å². The number of carboxylic acid groups (broad SMARTS) is 1. The number of nitrogens with zero attached hydrogens (tertiary/aromatic N) is 1. The summed E-state index contributed by atoms with van der Waals surface area (Å²) in [7, 11) is 0. The molecule has 84 valence electrons. The van der Waals surface area contributed by atoms with Crippen LogP contribution in [-0.4, -0.2) is 22.5 Å². The van der Waals surface area contributed by atoms with Crippen LogP contribution in [-0.2, 0) is 11.3 Å². The van der Waals surface area contributed by atoms with Crippen LogP contribution in [0.1, 0.15) is 18.4 Å². The molecule has 1 aromatic carbocycles. The Labute approximate surface area is 95.0 Å². The summed E-state index contributed by atoms with van der Waals surface area (Å²) in [6.07, 6.45) is 3.71.